The van der Waals surface area contributed by atoms with E-state index in [1.807, 2.05) is 11.6 Å². The molecule has 0 atom stereocenters. The molecule has 0 bridgehead atoms. The van der Waals surface area contributed by atoms with Crippen molar-refractivity contribution in [2.45, 2.75) is 18.2 Å². The molecule has 2 aromatic carbocycles. The van der Waals surface area contributed by atoms with Crippen LogP contribution in [-0.2, 0) is 16.4 Å². The summed E-state index contributed by atoms with van der Waals surface area (Å²) in [6.07, 6.45) is 4.44. The predicted molar refractivity (Wildman–Crippen MR) is 145 cm³/mol. The average molecular weight is 602 g/mol. The predicted octanol–water partition coefficient (Wildman–Crippen LogP) is 6.26. The fraction of sp³-hybridized carbons (Fsp3) is 0.111. The molecule has 8 nitrogen and oxygen atoms in total. The topological polar surface area (TPSA) is 107 Å². The average Bonchev–Trinajstić information content (AvgIpc) is 3.39. The van der Waals surface area contributed by atoms with Crippen LogP contribution in [0.15, 0.2) is 66.0 Å². The van der Waals surface area contributed by atoms with Crippen LogP contribution < -0.4 is 9.46 Å². The molecule has 0 saturated carbocycles. The zero-order chi connectivity index (χ0) is 29.3. The minimum Gasteiger partial charge on any atom is -0.497 e. The number of pyridine rings is 1. The maximum absolute atomic E-state index is 16.1. The van der Waals surface area contributed by atoms with E-state index >= 15 is 4.39 Å². The van der Waals surface area contributed by atoms with Gasteiger partial charge in [0.05, 0.1) is 35.3 Å². The number of nitrogens with zero attached hydrogens (tertiary/aromatic N) is 4. The highest BCUT2D eigenvalue weighted by atomic mass is 32.2. The molecule has 0 unspecified atom stereocenters. The molecular weight excluding hydrogens is 582 g/mol. The van der Waals surface area contributed by atoms with Gasteiger partial charge in [0.15, 0.2) is 10.7 Å². The van der Waals surface area contributed by atoms with Crippen molar-refractivity contribution >= 4 is 27.0 Å². The van der Waals surface area contributed by atoms with Crippen molar-refractivity contribution in [3.8, 4) is 38.1 Å². The number of aryl methyl sites for hydroxylation is 1. The first-order valence-corrected chi connectivity index (χ1v) is 14.2. The minimum atomic E-state index is -4.92. The standard InChI is InChI=1S/C27H19F4N5O3S2/c1-3-22-33-8-7-20(34-22)25-24(35-27(40-25)14-9-15(28)13-32-12-14)17-10-16(39-2)11-21(23(17)31)36-41(37,38)26-18(29)5-4-6-19(26)30/h4-13,36H,3H2,1-2H3. The lowest BCUT2D eigenvalue weighted by atomic mass is 10.1. The largest absolute Gasteiger partial charge is 0.497 e. The summed E-state index contributed by atoms with van der Waals surface area (Å²) in [6.45, 7) is 1.86. The first kappa shape index (κ1) is 28.1. The van der Waals surface area contributed by atoms with Crippen LogP contribution in [0.25, 0.3) is 32.4 Å². The normalized spacial score (nSPS) is 11.5. The van der Waals surface area contributed by atoms with Crippen LogP contribution in [0.2, 0.25) is 0 Å². The summed E-state index contributed by atoms with van der Waals surface area (Å²) >= 11 is 1.08. The van der Waals surface area contributed by atoms with E-state index in [9.17, 15) is 21.6 Å². The molecule has 14 heteroatoms. The van der Waals surface area contributed by atoms with Crippen molar-refractivity contribution in [2.24, 2.45) is 0 Å². The van der Waals surface area contributed by atoms with E-state index in [-0.39, 0.29) is 22.0 Å². The molecular formula is C27H19F4N5O3S2. The van der Waals surface area contributed by atoms with Crippen molar-refractivity contribution in [2.75, 3.05) is 11.8 Å². The summed E-state index contributed by atoms with van der Waals surface area (Å²) in [5.74, 6) is -3.91. The molecule has 1 N–H and O–H groups in total. The lowest BCUT2D eigenvalue weighted by molar-refractivity contribution is 0.414. The first-order chi connectivity index (χ1) is 19.6. The number of aromatic nitrogens is 4. The third-order valence-electron chi connectivity index (χ3n) is 5.80. The van der Waals surface area contributed by atoms with Crippen LogP contribution in [0.1, 0.15) is 12.7 Å². The number of sulfonamides is 1. The zero-order valence-electron chi connectivity index (χ0n) is 21.3. The highest BCUT2D eigenvalue weighted by molar-refractivity contribution is 7.92. The van der Waals surface area contributed by atoms with E-state index < -0.39 is 43.9 Å². The number of thiazole rings is 1. The zero-order valence-corrected chi connectivity index (χ0v) is 23.0. The highest BCUT2D eigenvalue weighted by Gasteiger charge is 2.28. The van der Waals surface area contributed by atoms with Gasteiger partial charge >= 0.3 is 0 Å². The van der Waals surface area contributed by atoms with Crippen LogP contribution >= 0.6 is 11.3 Å². The number of methoxy groups -OCH3 is 1. The fourth-order valence-electron chi connectivity index (χ4n) is 3.92. The van der Waals surface area contributed by atoms with Gasteiger partial charge in [-0.2, -0.15) is 0 Å². The monoisotopic (exact) mass is 601 g/mol. The fourth-order valence-corrected chi connectivity index (χ4v) is 6.14. The molecule has 3 heterocycles. The van der Waals surface area contributed by atoms with Crippen LogP contribution in [0.4, 0.5) is 23.2 Å². The molecule has 0 aliphatic heterocycles. The number of halogens is 4. The Morgan fingerprint density at radius 2 is 1.76 bits per heavy atom. The van der Waals surface area contributed by atoms with Crippen molar-refractivity contribution in [1.29, 1.82) is 0 Å². The van der Waals surface area contributed by atoms with E-state index in [1.165, 1.54) is 31.6 Å². The SMILES string of the molecule is CCc1nccc(-c2sc(-c3cncc(F)c3)nc2-c2cc(OC)cc(NS(=O)(=O)c3c(F)cccc3F)c2F)n1. The van der Waals surface area contributed by atoms with Crippen molar-refractivity contribution in [1.82, 2.24) is 19.9 Å². The van der Waals surface area contributed by atoms with Crippen LogP contribution in [0.5, 0.6) is 5.75 Å². The van der Waals surface area contributed by atoms with Gasteiger partial charge in [0, 0.05) is 36.0 Å². The quantitative estimate of drug-likeness (QED) is 0.209. The molecule has 0 fully saturated rings. The molecule has 5 rings (SSSR count). The van der Waals surface area contributed by atoms with Crippen molar-refractivity contribution < 1.29 is 30.7 Å². The number of anilines is 1. The summed E-state index contributed by atoms with van der Waals surface area (Å²) in [7, 11) is -3.65. The van der Waals surface area contributed by atoms with Crippen molar-refractivity contribution in [3.63, 3.8) is 0 Å². The van der Waals surface area contributed by atoms with E-state index in [2.05, 4.69) is 19.9 Å². The van der Waals surface area contributed by atoms with Gasteiger partial charge in [-0.3, -0.25) is 9.71 Å². The van der Waals surface area contributed by atoms with Gasteiger partial charge in [-0.25, -0.2) is 40.9 Å². The maximum Gasteiger partial charge on any atom is 0.267 e. The molecule has 0 amide bonds. The molecule has 0 aliphatic carbocycles. The molecule has 210 valence electrons. The van der Waals surface area contributed by atoms with Crippen LogP contribution in [0, 0.1) is 23.3 Å². The van der Waals surface area contributed by atoms with E-state index in [0.717, 1.165) is 41.8 Å². The number of ether oxygens (including phenoxy) is 1. The Kier molecular flexibility index (Phi) is 7.69. The van der Waals surface area contributed by atoms with Gasteiger partial charge in [-0.15, -0.1) is 11.3 Å². The molecule has 0 spiro atoms. The van der Waals surface area contributed by atoms with Gasteiger partial charge in [-0.05, 0) is 30.3 Å². The summed E-state index contributed by atoms with van der Waals surface area (Å²) in [5.41, 5.74) is -0.130. The Bertz CT molecular complexity index is 1860. The number of hydrogen-bond acceptors (Lipinski definition) is 8. The molecule has 3 aromatic heterocycles. The Hall–Kier alpha value is -4.43. The Balaban J connectivity index is 1.71. The summed E-state index contributed by atoms with van der Waals surface area (Å²) in [4.78, 5) is 16.2. The lowest BCUT2D eigenvalue weighted by Crippen LogP contribution is -2.17. The lowest BCUT2D eigenvalue weighted by Gasteiger charge is -2.14. The van der Waals surface area contributed by atoms with Gasteiger partial charge in [0.2, 0.25) is 0 Å². The minimum absolute atomic E-state index is 0.0120. The number of nitrogens with one attached hydrogen (secondary N) is 1. The Morgan fingerprint density at radius 1 is 1.00 bits per heavy atom. The molecule has 5 aromatic rings. The van der Waals surface area contributed by atoms with Crippen LogP contribution in [-0.4, -0.2) is 35.5 Å². The van der Waals surface area contributed by atoms with E-state index in [1.54, 1.807) is 6.07 Å². The molecule has 0 saturated heterocycles. The first-order valence-electron chi connectivity index (χ1n) is 11.9. The number of hydrogen-bond donors (Lipinski definition) is 1. The van der Waals surface area contributed by atoms with E-state index in [4.69, 9.17) is 4.74 Å². The molecule has 0 aliphatic rings. The van der Waals surface area contributed by atoms with Gasteiger partial charge < -0.3 is 4.74 Å². The second-order valence-corrected chi connectivity index (χ2v) is 11.1. The molecule has 0 radical (unpaired) electrons. The Morgan fingerprint density at radius 3 is 2.44 bits per heavy atom. The van der Waals surface area contributed by atoms with E-state index in [0.29, 0.717) is 28.4 Å². The summed E-state index contributed by atoms with van der Waals surface area (Å²) in [6, 6.07) is 7.64. The van der Waals surface area contributed by atoms with Crippen molar-refractivity contribution in [3.05, 3.63) is 90.1 Å². The highest BCUT2D eigenvalue weighted by Crippen LogP contribution is 2.43. The van der Waals surface area contributed by atoms with Gasteiger partial charge in [0.25, 0.3) is 10.0 Å². The van der Waals surface area contributed by atoms with Gasteiger partial charge in [-0.1, -0.05) is 13.0 Å². The summed E-state index contributed by atoms with van der Waals surface area (Å²) in [5, 5.41) is 0.274. The number of benzene rings is 2. The Labute approximate surface area is 235 Å². The molecule has 41 heavy (non-hydrogen) atoms. The smallest absolute Gasteiger partial charge is 0.267 e. The third kappa shape index (κ3) is 5.60. The maximum atomic E-state index is 16.1. The second-order valence-electron chi connectivity index (χ2n) is 8.49. The van der Waals surface area contributed by atoms with Crippen LogP contribution in [0.3, 0.4) is 0 Å². The number of rotatable bonds is 8. The summed E-state index contributed by atoms with van der Waals surface area (Å²) < 4.78 is 91.8. The second kappa shape index (κ2) is 11.2. The van der Waals surface area contributed by atoms with Gasteiger partial charge in [0.1, 0.15) is 34.0 Å². The third-order valence-corrected chi connectivity index (χ3v) is 8.35.